The summed E-state index contributed by atoms with van der Waals surface area (Å²) in [6.07, 6.45) is 1.91. The number of para-hydroxylation sites is 1. The van der Waals surface area contributed by atoms with E-state index in [9.17, 15) is 0 Å². The number of ether oxygens (including phenoxy) is 1. The molecule has 0 aliphatic heterocycles. The monoisotopic (exact) mass is 377 g/mol. The largest absolute Gasteiger partial charge is 0.484 e. The van der Waals surface area contributed by atoms with Gasteiger partial charge in [0, 0.05) is 17.5 Å². The zero-order valence-corrected chi connectivity index (χ0v) is 16.4. The number of rotatable bonds is 5. The van der Waals surface area contributed by atoms with E-state index >= 15 is 0 Å². The van der Waals surface area contributed by atoms with Crippen molar-refractivity contribution in [3.05, 3.63) is 60.8 Å². The van der Waals surface area contributed by atoms with Gasteiger partial charge in [-0.1, -0.05) is 48.5 Å². The van der Waals surface area contributed by atoms with Gasteiger partial charge in [0.2, 0.25) is 5.06 Å². The molecule has 2 aromatic heterocycles. The van der Waals surface area contributed by atoms with Crippen molar-refractivity contribution in [2.24, 2.45) is 17.3 Å². The zero-order valence-electron chi connectivity index (χ0n) is 15.6. The van der Waals surface area contributed by atoms with Gasteiger partial charge in [-0.3, -0.25) is 0 Å². The molecule has 136 valence electrons. The Kier molecular flexibility index (Phi) is 4.73. The smallest absolute Gasteiger partial charge is 0.411 e. The van der Waals surface area contributed by atoms with Crippen LogP contribution in [0.1, 0.15) is 6.92 Å². The maximum atomic E-state index is 5.30. The van der Waals surface area contributed by atoms with E-state index in [0.29, 0.717) is 0 Å². The second kappa shape index (κ2) is 7.32. The van der Waals surface area contributed by atoms with Gasteiger partial charge in [-0.2, -0.15) is 0 Å². The Morgan fingerprint density at radius 1 is 1.04 bits per heavy atom. The second-order valence-corrected chi connectivity index (χ2v) is 7.14. The molecule has 0 fully saturated rings. The highest BCUT2D eigenvalue weighted by Gasteiger charge is 2.20. The predicted molar refractivity (Wildman–Crippen MR) is 109 cm³/mol. The number of benzene rings is 2. The summed E-state index contributed by atoms with van der Waals surface area (Å²) in [4.78, 5) is 0. The topological polar surface area (TPSA) is 42.8 Å². The molecule has 4 rings (SSSR count). The van der Waals surface area contributed by atoms with Crippen LogP contribution in [0, 0.1) is 0 Å². The van der Waals surface area contributed by atoms with Crippen LogP contribution in [0.2, 0.25) is 0 Å². The number of aromatic nitrogens is 2. The van der Waals surface area contributed by atoms with Gasteiger partial charge in [-0.15, -0.1) is 0 Å². The molecule has 27 heavy (non-hydrogen) atoms. The molecule has 6 heteroatoms. The third kappa shape index (κ3) is 3.13. The summed E-state index contributed by atoms with van der Waals surface area (Å²) in [5.74, 6) is 0. The average molecular weight is 377 g/mol. The van der Waals surface area contributed by atoms with Crippen LogP contribution in [0.15, 0.2) is 71.0 Å². The molecule has 0 spiro atoms. The average Bonchev–Trinajstić information content (AvgIpc) is 3.24. The molecule has 0 radical (unpaired) electrons. The zero-order chi connectivity index (χ0) is 18.8. The van der Waals surface area contributed by atoms with Gasteiger partial charge < -0.3 is 9.30 Å². The van der Waals surface area contributed by atoms with Crippen LogP contribution in [0.3, 0.4) is 0 Å². The minimum absolute atomic E-state index is 0.791. The molecule has 4 aromatic rings. The van der Waals surface area contributed by atoms with Crippen molar-refractivity contribution in [3.63, 3.8) is 0 Å². The van der Waals surface area contributed by atoms with Crippen molar-refractivity contribution in [3.8, 4) is 16.3 Å². The van der Waals surface area contributed by atoms with E-state index in [1.54, 1.807) is 7.11 Å². The summed E-state index contributed by atoms with van der Waals surface area (Å²) in [5, 5.41) is 11.9. The molecular formula is C21H21N4OS+. The van der Waals surface area contributed by atoms with E-state index in [0.717, 1.165) is 39.1 Å². The molecule has 0 saturated carbocycles. The first-order valence-electron chi connectivity index (χ1n) is 8.84. The highest BCUT2D eigenvalue weighted by atomic mass is 32.1. The Balaban J connectivity index is 1.93. The number of hydrogen-bond donors (Lipinski definition) is 0. The molecule has 0 aliphatic rings. The van der Waals surface area contributed by atoms with Gasteiger partial charge >= 0.3 is 5.13 Å². The summed E-state index contributed by atoms with van der Waals surface area (Å²) < 4.78 is 9.53. The standard InChI is InChI=1S/C21H21N4OS/c1-4-25-17-13-9-8-12-16(17)19(20(25)15-10-6-5-7-11-15)22-23-21-24(2)14-18(26-3)27-21/h5-14H,4H2,1-3H3/q+1. The molecule has 5 nitrogen and oxygen atoms in total. The fraction of sp³-hybridized carbons (Fsp3) is 0.190. The number of fused-ring (bicyclic) bond motifs is 1. The van der Waals surface area contributed by atoms with Crippen LogP contribution in [0.4, 0.5) is 10.8 Å². The van der Waals surface area contributed by atoms with Crippen molar-refractivity contribution in [1.82, 2.24) is 4.57 Å². The van der Waals surface area contributed by atoms with Gasteiger partial charge in [0.1, 0.15) is 11.9 Å². The normalized spacial score (nSPS) is 11.5. The van der Waals surface area contributed by atoms with Gasteiger partial charge in [0.05, 0.1) is 30.5 Å². The molecular weight excluding hydrogens is 356 g/mol. The molecule has 0 unspecified atom stereocenters. The van der Waals surface area contributed by atoms with Crippen LogP contribution in [-0.4, -0.2) is 11.7 Å². The van der Waals surface area contributed by atoms with E-state index in [2.05, 4.69) is 59.1 Å². The fourth-order valence-corrected chi connectivity index (χ4v) is 4.04. The predicted octanol–water partition coefficient (Wildman–Crippen LogP) is 5.64. The number of aryl methyl sites for hydroxylation is 2. The number of hydrogen-bond acceptors (Lipinski definition) is 4. The lowest BCUT2D eigenvalue weighted by atomic mass is 10.1. The van der Waals surface area contributed by atoms with Crippen LogP contribution in [0.5, 0.6) is 5.06 Å². The Bertz CT molecular complexity index is 1110. The van der Waals surface area contributed by atoms with Gasteiger partial charge in [0.15, 0.2) is 0 Å². The fourth-order valence-electron chi connectivity index (χ4n) is 3.28. The Hall–Kier alpha value is -2.99. The van der Waals surface area contributed by atoms with Crippen molar-refractivity contribution in [2.45, 2.75) is 13.5 Å². The maximum absolute atomic E-state index is 5.30. The third-order valence-corrected chi connectivity index (χ3v) is 5.56. The molecule has 0 atom stereocenters. The van der Waals surface area contributed by atoms with E-state index < -0.39 is 0 Å². The number of thiazole rings is 1. The molecule has 0 N–H and O–H groups in total. The van der Waals surface area contributed by atoms with Crippen molar-refractivity contribution >= 4 is 33.1 Å². The van der Waals surface area contributed by atoms with Crippen molar-refractivity contribution in [2.75, 3.05) is 7.11 Å². The lowest BCUT2D eigenvalue weighted by molar-refractivity contribution is -0.654. The first-order chi connectivity index (χ1) is 13.2. The quantitative estimate of drug-likeness (QED) is 0.328. The van der Waals surface area contributed by atoms with E-state index in [-0.39, 0.29) is 0 Å². The lowest BCUT2D eigenvalue weighted by Crippen LogP contribution is -2.23. The molecule has 2 heterocycles. The number of methoxy groups -OCH3 is 1. The van der Waals surface area contributed by atoms with Crippen LogP contribution >= 0.6 is 11.3 Å². The van der Waals surface area contributed by atoms with Crippen molar-refractivity contribution in [1.29, 1.82) is 0 Å². The summed E-state index contributed by atoms with van der Waals surface area (Å²) >= 11 is 1.47. The van der Waals surface area contributed by atoms with Gasteiger partial charge in [-0.05, 0) is 29.4 Å². The Labute approximate surface area is 162 Å². The highest BCUT2D eigenvalue weighted by Crippen LogP contribution is 2.41. The van der Waals surface area contributed by atoms with Gasteiger partial charge in [0.25, 0.3) is 0 Å². The molecule has 0 saturated heterocycles. The SMILES string of the molecule is CCn1c(-c2ccccc2)c(N=Nc2sc(OC)c[n+]2C)c2ccccc21. The molecule has 2 aromatic carbocycles. The maximum Gasteiger partial charge on any atom is 0.411 e. The third-order valence-electron chi connectivity index (χ3n) is 4.54. The van der Waals surface area contributed by atoms with E-state index in [1.807, 2.05) is 29.9 Å². The summed E-state index contributed by atoms with van der Waals surface area (Å²) in [7, 11) is 3.61. The molecule has 0 aliphatic carbocycles. The lowest BCUT2D eigenvalue weighted by Gasteiger charge is -2.08. The first kappa shape index (κ1) is 17.4. The second-order valence-electron chi connectivity index (χ2n) is 6.17. The van der Waals surface area contributed by atoms with E-state index in [4.69, 9.17) is 9.85 Å². The molecule has 0 bridgehead atoms. The van der Waals surface area contributed by atoms with Crippen LogP contribution in [0.25, 0.3) is 22.2 Å². The Morgan fingerprint density at radius 2 is 1.78 bits per heavy atom. The minimum Gasteiger partial charge on any atom is -0.484 e. The summed E-state index contributed by atoms with van der Waals surface area (Å²) in [6.45, 7) is 3.02. The first-order valence-corrected chi connectivity index (χ1v) is 9.66. The number of azo groups is 1. The van der Waals surface area contributed by atoms with E-state index in [1.165, 1.54) is 16.9 Å². The minimum atomic E-state index is 0.791. The highest BCUT2D eigenvalue weighted by molar-refractivity contribution is 7.16. The number of nitrogens with zero attached hydrogens (tertiary/aromatic N) is 4. The van der Waals surface area contributed by atoms with Gasteiger partial charge in [-0.25, -0.2) is 4.57 Å². The molecule has 0 amide bonds. The Morgan fingerprint density at radius 3 is 2.48 bits per heavy atom. The van der Waals surface area contributed by atoms with Crippen LogP contribution < -0.4 is 9.30 Å². The summed E-state index contributed by atoms with van der Waals surface area (Å²) in [5.41, 5.74) is 4.29. The van der Waals surface area contributed by atoms with Crippen LogP contribution in [-0.2, 0) is 13.6 Å². The van der Waals surface area contributed by atoms with Crippen molar-refractivity contribution < 1.29 is 9.30 Å². The summed E-state index contributed by atoms with van der Waals surface area (Å²) in [6, 6.07) is 18.7.